The van der Waals surface area contributed by atoms with E-state index in [0.29, 0.717) is 0 Å². The van der Waals surface area contributed by atoms with Crippen LogP contribution in [-0.4, -0.2) is 29.4 Å². The molecule has 5 heteroatoms. The number of fused-ring (bicyclic) bond motifs is 1. The number of aromatic nitrogens is 3. The van der Waals surface area contributed by atoms with Gasteiger partial charge in [-0.1, -0.05) is 36.4 Å². The molecule has 2 heterocycles. The van der Waals surface area contributed by atoms with Gasteiger partial charge in [0, 0.05) is 41.1 Å². The monoisotopic (exact) mass is 409 g/mol. The first kappa shape index (κ1) is 19.1. The second-order valence-corrected chi connectivity index (χ2v) is 7.65. The maximum Gasteiger partial charge on any atom is 0.119 e. The van der Waals surface area contributed by atoms with Crippen LogP contribution in [0.3, 0.4) is 0 Å². The Bertz CT molecular complexity index is 1200. The van der Waals surface area contributed by atoms with Crippen molar-refractivity contribution in [2.24, 2.45) is 0 Å². The van der Waals surface area contributed by atoms with Crippen LogP contribution in [0.4, 0.5) is 0 Å². The van der Waals surface area contributed by atoms with Crippen molar-refractivity contribution >= 4 is 6.08 Å². The predicted octanol–water partition coefficient (Wildman–Crippen LogP) is 5.04. The summed E-state index contributed by atoms with van der Waals surface area (Å²) in [6, 6.07) is 20.5. The molecule has 0 fully saturated rings. The number of allylic oxidation sites excluding steroid dienone is 1. The van der Waals surface area contributed by atoms with Crippen molar-refractivity contribution in [2.75, 3.05) is 14.2 Å². The van der Waals surface area contributed by atoms with Gasteiger partial charge in [-0.2, -0.15) is 5.10 Å². The third kappa shape index (κ3) is 3.28. The van der Waals surface area contributed by atoms with E-state index >= 15 is 0 Å². The molecule has 2 aromatic carbocycles. The van der Waals surface area contributed by atoms with Crippen molar-refractivity contribution in [3.8, 4) is 22.8 Å². The molecule has 0 unspecified atom stereocenters. The summed E-state index contributed by atoms with van der Waals surface area (Å²) in [6.45, 7) is 0. The van der Waals surface area contributed by atoms with Gasteiger partial charge in [-0.3, -0.25) is 10.1 Å². The fourth-order valence-electron chi connectivity index (χ4n) is 4.35. The van der Waals surface area contributed by atoms with E-state index in [1.165, 1.54) is 0 Å². The molecule has 1 N–H and O–H groups in total. The summed E-state index contributed by atoms with van der Waals surface area (Å²) in [4.78, 5) is 4.25. The summed E-state index contributed by atoms with van der Waals surface area (Å²) in [5, 5.41) is 7.91. The molecule has 5 rings (SSSR count). The molecule has 0 radical (unpaired) electrons. The van der Waals surface area contributed by atoms with Gasteiger partial charge in [0.1, 0.15) is 17.2 Å². The van der Waals surface area contributed by atoms with Crippen LogP contribution in [0.5, 0.6) is 11.5 Å². The van der Waals surface area contributed by atoms with Crippen molar-refractivity contribution in [1.29, 1.82) is 0 Å². The van der Waals surface area contributed by atoms with Crippen LogP contribution in [0.1, 0.15) is 22.4 Å². The van der Waals surface area contributed by atoms with Crippen molar-refractivity contribution < 1.29 is 9.47 Å². The number of pyridine rings is 1. The largest absolute Gasteiger partial charge is 0.497 e. The van der Waals surface area contributed by atoms with E-state index in [0.717, 1.165) is 51.6 Å². The van der Waals surface area contributed by atoms with Crippen LogP contribution in [0.15, 0.2) is 79.1 Å². The maximum absolute atomic E-state index is 5.53. The SMILES string of the molecule is COc1cccc(C2(c3cccc(OC)c3)C=Cc3c(-c4cccnc4)n[nH]c3C2)c1. The number of methoxy groups -OCH3 is 2. The normalized spacial score (nSPS) is 14.1. The highest BCUT2D eigenvalue weighted by Crippen LogP contribution is 2.44. The van der Waals surface area contributed by atoms with Crippen molar-refractivity contribution in [3.05, 3.63) is 102 Å². The van der Waals surface area contributed by atoms with Crippen LogP contribution in [0, 0.1) is 0 Å². The molecular weight excluding hydrogens is 386 g/mol. The zero-order chi connectivity index (χ0) is 21.3. The molecule has 1 aliphatic carbocycles. The van der Waals surface area contributed by atoms with Gasteiger partial charge in [0.15, 0.2) is 0 Å². The zero-order valence-electron chi connectivity index (χ0n) is 17.5. The second-order valence-electron chi connectivity index (χ2n) is 7.65. The Morgan fingerprint density at radius 3 is 2.23 bits per heavy atom. The fraction of sp³-hybridized carbons (Fsp3) is 0.154. The lowest BCUT2D eigenvalue weighted by Gasteiger charge is -2.35. The first-order valence-electron chi connectivity index (χ1n) is 10.2. The highest BCUT2D eigenvalue weighted by atomic mass is 16.5. The molecule has 0 atom stereocenters. The standard InChI is InChI=1S/C26H23N3O2/c1-30-21-9-3-7-19(14-21)26(20-8-4-10-22(15-20)31-2)12-11-23-24(16-26)28-29-25(23)18-6-5-13-27-17-18/h3-15,17H,16H2,1-2H3,(H,28,29). The van der Waals surface area contributed by atoms with Gasteiger partial charge in [0.2, 0.25) is 0 Å². The summed E-state index contributed by atoms with van der Waals surface area (Å²) in [6.07, 6.45) is 8.80. The lowest BCUT2D eigenvalue weighted by atomic mass is 9.68. The number of nitrogens with one attached hydrogen (secondary N) is 1. The third-order valence-electron chi connectivity index (χ3n) is 5.98. The topological polar surface area (TPSA) is 60.0 Å². The first-order chi connectivity index (χ1) is 15.2. The van der Waals surface area contributed by atoms with Crippen LogP contribution in [0.25, 0.3) is 17.3 Å². The Balaban J connectivity index is 1.67. The van der Waals surface area contributed by atoms with Gasteiger partial charge in [-0.25, -0.2) is 0 Å². The molecule has 0 amide bonds. The Morgan fingerprint density at radius 1 is 0.903 bits per heavy atom. The quantitative estimate of drug-likeness (QED) is 0.501. The van der Waals surface area contributed by atoms with E-state index in [-0.39, 0.29) is 5.41 Å². The van der Waals surface area contributed by atoms with Crippen LogP contribution >= 0.6 is 0 Å². The van der Waals surface area contributed by atoms with Gasteiger partial charge in [-0.05, 0) is 47.5 Å². The minimum absolute atomic E-state index is 0.380. The van der Waals surface area contributed by atoms with E-state index in [1.807, 2.05) is 42.6 Å². The minimum Gasteiger partial charge on any atom is -0.497 e. The molecule has 0 saturated carbocycles. The lowest BCUT2D eigenvalue weighted by molar-refractivity contribution is 0.411. The molecule has 4 aromatic rings. The number of rotatable bonds is 5. The molecule has 2 aromatic heterocycles. The van der Waals surface area contributed by atoms with E-state index in [1.54, 1.807) is 20.4 Å². The maximum atomic E-state index is 5.53. The molecule has 0 spiro atoms. The Morgan fingerprint density at radius 2 is 1.61 bits per heavy atom. The number of nitrogens with zero attached hydrogens (tertiary/aromatic N) is 2. The average Bonchev–Trinajstić information content (AvgIpc) is 3.27. The van der Waals surface area contributed by atoms with Crippen LogP contribution in [0.2, 0.25) is 0 Å². The summed E-state index contributed by atoms with van der Waals surface area (Å²) < 4.78 is 11.1. The van der Waals surface area contributed by atoms with Crippen molar-refractivity contribution in [1.82, 2.24) is 15.2 Å². The number of hydrogen-bond donors (Lipinski definition) is 1. The average molecular weight is 409 g/mol. The number of H-pyrrole nitrogens is 1. The molecule has 1 aliphatic rings. The smallest absolute Gasteiger partial charge is 0.119 e. The van der Waals surface area contributed by atoms with Gasteiger partial charge in [0.25, 0.3) is 0 Å². The third-order valence-corrected chi connectivity index (χ3v) is 5.98. The van der Waals surface area contributed by atoms with Gasteiger partial charge >= 0.3 is 0 Å². The van der Waals surface area contributed by atoms with E-state index in [9.17, 15) is 0 Å². The summed E-state index contributed by atoms with van der Waals surface area (Å²) >= 11 is 0. The zero-order valence-corrected chi connectivity index (χ0v) is 17.5. The minimum atomic E-state index is -0.380. The van der Waals surface area contributed by atoms with Gasteiger partial charge in [0.05, 0.1) is 14.2 Å². The van der Waals surface area contributed by atoms with E-state index in [4.69, 9.17) is 9.47 Å². The van der Waals surface area contributed by atoms with E-state index < -0.39 is 0 Å². The van der Waals surface area contributed by atoms with E-state index in [2.05, 4.69) is 51.6 Å². The predicted molar refractivity (Wildman–Crippen MR) is 121 cm³/mol. The summed E-state index contributed by atoms with van der Waals surface area (Å²) in [7, 11) is 3.39. The molecule has 0 bridgehead atoms. The van der Waals surface area contributed by atoms with Crippen molar-refractivity contribution in [3.63, 3.8) is 0 Å². The summed E-state index contributed by atoms with van der Waals surface area (Å²) in [5.74, 6) is 1.67. The number of hydrogen-bond acceptors (Lipinski definition) is 4. The Labute approximate surface area is 181 Å². The van der Waals surface area contributed by atoms with Crippen molar-refractivity contribution in [2.45, 2.75) is 11.8 Å². The molecule has 31 heavy (non-hydrogen) atoms. The van der Waals surface area contributed by atoms with Gasteiger partial charge in [-0.15, -0.1) is 0 Å². The Hall–Kier alpha value is -3.86. The molecular formula is C26H23N3O2. The number of benzene rings is 2. The van der Waals surface area contributed by atoms with Crippen LogP contribution in [-0.2, 0) is 11.8 Å². The highest BCUT2D eigenvalue weighted by molar-refractivity contribution is 5.76. The second kappa shape index (κ2) is 7.76. The first-order valence-corrected chi connectivity index (χ1v) is 10.2. The number of ether oxygens (including phenoxy) is 2. The lowest BCUT2D eigenvalue weighted by Crippen LogP contribution is -2.30. The molecule has 154 valence electrons. The molecule has 0 saturated heterocycles. The van der Waals surface area contributed by atoms with Crippen LogP contribution < -0.4 is 9.47 Å². The number of aromatic amines is 1. The Kier molecular flexibility index (Phi) is 4.79. The summed E-state index contributed by atoms with van der Waals surface area (Å²) in [5.41, 5.74) is 6.04. The molecule has 5 nitrogen and oxygen atoms in total. The fourth-order valence-corrected chi connectivity index (χ4v) is 4.35. The highest BCUT2D eigenvalue weighted by Gasteiger charge is 2.37. The van der Waals surface area contributed by atoms with Gasteiger partial charge < -0.3 is 9.47 Å². The molecule has 0 aliphatic heterocycles.